The van der Waals surface area contributed by atoms with Gasteiger partial charge < -0.3 is 15.4 Å². The third-order valence-electron chi connectivity index (χ3n) is 3.60. The standard InChI is InChI=1S/C16H16F2N4O2/c17-13-4-3-11(6-14(13)18)22-15(23)10-7-19-16(20-8-10)21-9-12-2-1-5-24-12/h3-4,6-8,12H,1-2,5,9H2,(H,22,23)(H,19,20,21). The molecule has 1 aromatic heterocycles. The molecule has 1 aromatic carbocycles. The summed E-state index contributed by atoms with van der Waals surface area (Å²) in [6, 6.07) is 3.12. The second-order valence-corrected chi connectivity index (χ2v) is 5.39. The number of aromatic nitrogens is 2. The molecule has 1 unspecified atom stereocenters. The van der Waals surface area contributed by atoms with Crippen molar-refractivity contribution in [1.82, 2.24) is 9.97 Å². The maximum atomic E-state index is 13.1. The number of amides is 1. The monoisotopic (exact) mass is 334 g/mol. The molecule has 0 aliphatic carbocycles. The first-order chi connectivity index (χ1) is 11.6. The molecule has 2 aromatic rings. The summed E-state index contributed by atoms with van der Waals surface area (Å²) in [5.74, 6) is -2.11. The van der Waals surface area contributed by atoms with Crippen molar-refractivity contribution in [2.24, 2.45) is 0 Å². The Bertz CT molecular complexity index is 719. The predicted molar refractivity (Wildman–Crippen MR) is 83.8 cm³/mol. The van der Waals surface area contributed by atoms with Gasteiger partial charge in [-0.25, -0.2) is 18.7 Å². The third kappa shape index (κ3) is 4.02. The van der Waals surface area contributed by atoms with Gasteiger partial charge in [0.05, 0.1) is 11.7 Å². The average molecular weight is 334 g/mol. The van der Waals surface area contributed by atoms with Crippen LogP contribution in [0.4, 0.5) is 20.4 Å². The number of carbonyl (C=O) groups is 1. The molecule has 1 fully saturated rings. The van der Waals surface area contributed by atoms with E-state index >= 15 is 0 Å². The van der Waals surface area contributed by atoms with Crippen LogP contribution >= 0.6 is 0 Å². The van der Waals surface area contributed by atoms with Gasteiger partial charge in [-0.2, -0.15) is 0 Å². The quantitative estimate of drug-likeness (QED) is 0.879. The van der Waals surface area contributed by atoms with Crippen molar-refractivity contribution in [1.29, 1.82) is 0 Å². The van der Waals surface area contributed by atoms with Gasteiger partial charge in [0.2, 0.25) is 5.95 Å². The first-order valence-corrected chi connectivity index (χ1v) is 7.56. The molecule has 0 spiro atoms. The predicted octanol–water partition coefficient (Wildman–Crippen LogP) is 2.60. The van der Waals surface area contributed by atoms with Gasteiger partial charge in [0.15, 0.2) is 11.6 Å². The normalized spacial score (nSPS) is 16.8. The smallest absolute Gasteiger partial charge is 0.258 e. The lowest BCUT2D eigenvalue weighted by molar-refractivity contribution is 0.102. The first kappa shape index (κ1) is 16.3. The average Bonchev–Trinajstić information content (AvgIpc) is 3.10. The fraction of sp³-hybridized carbons (Fsp3) is 0.312. The highest BCUT2D eigenvalue weighted by molar-refractivity contribution is 6.03. The summed E-state index contributed by atoms with van der Waals surface area (Å²) < 4.78 is 31.5. The molecule has 1 saturated heterocycles. The Morgan fingerprint density at radius 3 is 2.71 bits per heavy atom. The van der Waals surface area contributed by atoms with Crippen LogP contribution in [0.2, 0.25) is 0 Å². The van der Waals surface area contributed by atoms with Gasteiger partial charge in [-0.15, -0.1) is 0 Å². The summed E-state index contributed by atoms with van der Waals surface area (Å²) in [4.78, 5) is 20.2. The van der Waals surface area contributed by atoms with Crippen LogP contribution in [0.5, 0.6) is 0 Å². The number of hydrogen-bond donors (Lipinski definition) is 2. The van der Waals surface area contributed by atoms with E-state index in [1.165, 1.54) is 18.5 Å². The lowest BCUT2D eigenvalue weighted by Gasteiger charge is -2.10. The van der Waals surface area contributed by atoms with E-state index in [4.69, 9.17) is 4.74 Å². The van der Waals surface area contributed by atoms with Crippen LogP contribution in [0, 0.1) is 11.6 Å². The summed E-state index contributed by atoms with van der Waals surface area (Å²) in [6.07, 6.45) is 4.93. The molecule has 2 N–H and O–H groups in total. The molecule has 1 amide bonds. The number of anilines is 2. The summed E-state index contributed by atoms with van der Waals surface area (Å²) in [7, 11) is 0. The van der Waals surface area contributed by atoms with Crippen molar-refractivity contribution < 1.29 is 18.3 Å². The molecule has 8 heteroatoms. The van der Waals surface area contributed by atoms with Gasteiger partial charge in [-0.05, 0) is 25.0 Å². The zero-order valence-electron chi connectivity index (χ0n) is 12.8. The van der Waals surface area contributed by atoms with E-state index in [2.05, 4.69) is 20.6 Å². The Kier molecular flexibility index (Phi) is 4.95. The van der Waals surface area contributed by atoms with Gasteiger partial charge in [-0.3, -0.25) is 4.79 Å². The maximum absolute atomic E-state index is 13.1. The highest BCUT2D eigenvalue weighted by Gasteiger charge is 2.15. The van der Waals surface area contributed by atoms with Crippen LogP contribution < -0.4 is 10.6 Å². The molecule has 0 saturated carbocycles. The van der Waals surface area contributed by atoms with E-state index in [0.717, 1.165) is 31.6 Å². The number of benzene rings is 1. The van der Waals surface area contributed by atoms with Crippen LogP contribution in [0.3, 0.4) is 0 Å². The molecule has 24 heavy (non-hydrogen) atoms. The van der Waals surface area contributed by atoms with E-state index < -0.39 is 17.5 Å². The fourth-order valence-electron chi connectivity index (χ4n) is 2.32. The van der Waals surface area contributed by atoms with Crippen molar-refractivity contribution in [2.45, 2.75) is 18.9 Å². The summed E-state index contributed by atoms with van der Waals surface area (Å²) >= 11 is 0. The molecular formula is C16H16F2N4O2. The zero-order chi connectivity index (χ0) is 16.9. The lowest BCUT2D eigenvalue weighted by Crippen LogP contribution is -2.20. The first-order valence-electron chi connectivity index (χ1n) is 7.56. The van der Waals surface area contributed by atoms with Crippen molar-refractivity contribution in [3.63, 3.8) is 0 Å². The van der Waals surface area contributed by atoms with E-state index in [-0.39, 0.29) is 17.4 Å². The van der Waals surface area contributed by atoms with Crippen LogP contribution in [-0.4, -0.2) is 35.1 Å². The largest absolute Gasteiger partial charge is 0.376 e. The van der Waals surface area contributed by atoms with Gasteiger partial charge in [0, 0.05) is 37.3 Å². The number of ether oxygens (including phenoxy) is 1. The molecule has 6 nitrogen and oxygen atoms in total. The van der Waals surface area contributed by atoms with Crippen molar-refractivity contribution in [3.8, 4) is 0 Å². The van der Waals surface area contributed by atoms with Crippen molar-refractivity contribution >= 4 is 17.5 Å². The molecule has 0 radical (unpaired) electrons. The van der Waals surface area contributed by atoms with E-state index in [0.29, 0.717) is 12.5 Å². The van der Waals surface area contributed by atoms with E-state index in [1.54, 1.807) is 0 Å². The van der Waals surface area contributed by atoms with Crippen LogP contribution in [0.15, 0.2) is 30.6 Å². The maximum Gasteiger partial charge on any atom is 0.258 e. The number of nitrogens with zero attached hydrogens (tertiary/aromatic N) is 2. The molecule has 3 rings (SSSR count). The second kappa shape index (κ2) is 7.31. The lowest BCUT2D eigenvalue weighted by atomic mass is 10.2. The number of hydrogen-bond acceptors (Lipinski definition) is 5. The summed E-state index contributed by atoms with van der Waals surface area (Å²) in [5, 5.41) is 5.50. The molecule has 1 aliphatic rings. The van der Waals surface area contributed by atoms with Gasteiger partial charge in [-0.1, -0.05) is 0 Å². The third-order valence-corrected chi connectivity index (χ3v) is 3.60. The van der Waals surface area contributed by atoms with Crippen LogP contribution in [0.1, 0.15) is 23.2 Å². The highest BCUT2D eigenvalue weighted by Crippen LogP contribution is 2.15. The van der Waals surface area contributed by atoms with Crippen LogP contribution in [0.25, 0.3) is 0 Å². The van der Waals surface area contributed by atoms with Crippen molar-refractivity contribution in [2.75, 3.05) is 23.8 Å². The molecule has 126 valence electrons. The second-order valence-electron chi connectivity index (χ2n) is 5.39. The van der Waals surface area contributed by atoms with E-state index in [1.807, 2.05) is 0 Å². The topological polar surface area (TPSA) is 76.1 Å². The Labute approximate surface area is 137 Å². The van der Waals surface area contributed by atoms with E-state index in [9.17, 15) is 13.6 Å². The number of carbonyl (C=O) groups excluding carboxylic acids is 1. The van der Waals surface area contributed by atoms with Gasteiger partial charge in [0.1, 0.15) is 0 Å². The Morgan fingerprint density at radius 1 is 1.25 bits per heavy atom. The number of nitrogens with one attached hydrogen (secondary N) is 2. The Balaban J connectivity index is 1.57. The molecular weight excluding hydrogens is 318 g/mol. The SMILES string of the molecule is O=C(Nc1ccc(F)c(F)c1)c1cnc(NCC2CCCO2)nc1. The summed E-state index contributed by atoms with van der Waals surface area (Å²) in [5.41, 5.74) is 0.363. The van der Waals surface area contributed by atoms with Crippen molar-refractivity contribution in [3.05, 3.63) is 47.8 Å². The minimum atomic E-state index is -1.03. The van der Waals surface area contributed by atoms with Crippen LogP contribution in [-0.2, 0) is 4.74 Å². The molecule has 2 heterocycles. The Hall–Kier alpha value is -2.61. The molecule has 1 aliphatic heterocycles. The Morgan fingerprint density at radius 2 is 2.04 bits per heavy atom. The van der Waals surface area contributed by atoms with Gasteiger partial charge >= 0.3 is 0 Å². The number of rotatable bonds is 5. The summed E-state index contributed by atoms with van der Waals surface area (Å²) in [6.45, 7) is 1.39. The molecule has 1 atom stereocenters. The zero-order valence-corrected chi connectivity index (χ0v) is 12.8. The highest BCUT2D eigenvalue weighted by atomic mass is 19.2. The molecule has 0 bridgehead atoms. The minimum Gasteiger partial charge on any atom is -0.376 e. The van der Waals surface area contributed by atoms with Gasteiger partial charge in [0.25, 0.3) is 5.91 Å². The minimum absolute atomic E-state index is 0.152. The number of halogens is 2. The fourth-order valence-corrected chi connectivity index (χ4v) is 2.32.